The Morgan fingerprint density at radius 1 is 1.23 bits per heavy atom. The quantitative estimate of drug-likeness (QED) is 0.465. The Morgan fingerprint density at radius 3 is 2.77 bits per heavy atom. The minimum absolute atomic E-state index is 0.0706. The molecule has 0 spiro atoms. The molecule has 0 saturated carbocycles. The number of hydrogen-bond acceptors (Lipinski definition) is 6. The molecule has 0 unspecified atom stereocenters. The van der Waals surface area contributed by atoms with Crippen LogP contribution in [-0.2, 0) is 20.7 Å². The lowest BCUT2D eigenvalue weighted by atomic mass is 9.95. The molecule has 4 heterocycles. The number of benzene rings is 1. The summed E-state index contributed by atoms with van der Waals surface area (Å²) >= 11 is 0. The molecular formula is C24H24N2O5. The molecule has 5 rings (SSSR count). The van der Waals surface area contributed by atoms with Crippen LogP contribution in [0.1, 0.15) is 42.5 Å². The highest BCUT2D eigenvalue weighted by molar-refractivity contribution is 6.46. The van der Waals surface area contributed by atoms with E-state index in [1.165, 1.54) is 4.90 Å². The summed E-state index contributed by atoms with van der Waals surface area (Å²) in [6.45, 7) is 2.95. The van der Waals surface area contributed by atoms with E-state index in [0.717, 1.165) is 36.1 Å². The van der Waals surface area contributed by atoms with Crippen molar-refractivity contribution in [1.82, 2.24) is 9.88 Å². The molecule has 2 fully saturated rings. The lowest BCUT2D eigenvalue weighted by Crippen LogP contribution is -2.36. The smallest absolute Gasteiger partial charge is 0.295 e. The van der Waals surface area contributed by atoms with Crippen LogP contribution in [0.4, 0.5) is 0 Å². The average Bonchev–Trinajstić information content (AvgIpc) is 3.48. The summed E-state index contributed by atoms with van der Waals surface area (Å²) in [4.78, 5) is 31.7. The van der Waals surface area contributed by atoms with E-state index in [1.54, 1.807) is 36.7 Å². The monoisotopic (exact) mass is 420 g/mol. The van der Waals surface area contributed by atoms with E-state index < -0.39 is 17.7 Å². The second-order valence-electron chi connectivity index (χ2n) is 8.32. The van der Waals surface area contributed by atoms with Gasteiger partial charge < -0.3 is 19.5 Å². The van der Waals surface area contributed by atoms with E-state index in [4.69, 9.17) is 9.47 Å². The number of amides is 1. The Kier molecular flexibility index (Phi) is 4.98. The second kappa shape index (κ2) is 7.81. The molecule has 3 aliphatic heterocycles. The maximum absolute atomic E-state index is 13.1. The third-order valence-electron chi connectivity index (χ3n) is 6.16. The molecule has 1 amide bonds. The number of aliphatic hydroxyl groups excluding tert-OH is 1. The van der Waals surface area contributed by atoms with E-state index in [0.29, 0.717) is 18.7 Å². The van der Waals surface area contributed by atoms with Crippen LogP contribution in [0, 0.1) is 0 Å². The number of Topliss-reactive ketones (excluding diaryl/α,β-unsaturated/α-hetero) is 1. The maximum Gasteiger partial charge on any atom is 0.295 e. The molecule has 31 heavy (non-hydrogen) atoms. The SMILES string of the molecule is C[C@@H]1Cc2cc(C(O)=C3C(=O)C(=O)N(C[C@H]4CCCO4)[C@H]3c3ccncc3)ccc2O1. The van der Waals surface area contributed by atoms with Crippen LogP contribution < -0.4 is 4.74 Å². The van der Waals surface area contributed by atoms with Gasteiger partial charge in [-0.1, -0.05) is 0 Å². The number of carbonyl (C=O) groups is 2. The predicted octanol–water partition coefficient (Wildman–Crippen LogP) is 3.01. The highest BCUT2D eigenvalue weighted by atomic mass is 16.5. The normalized spacial score (nSPS) is 26.9. The Labute approximate surface area is 180 Å². The fourth-order valence-corrected chi connectivity index (χ4v) is 4.69. The number of fused-ring (bicyclic) bond motifs is 1. The molecule has 0 bridgehead atoms. The van der Waals surface area contributed by atoms with E-state index in [2.05, 4.69) is 4.98 Å². The number of likely N-dealkylation sites (tertiary alicyclic amines) is 1. The fraction of sp³-hybridized carbons (Fsp3) is 0.375. The molecule has 7 heteroatoms. The van der Waals surface area contributed by atoms with Gasteiger partial charge in [0.05, 0.1) is 17.7 Å². The van der Waals surface area contributed by atoms with Crippen LogP contribution in [0.5, 0.6) is 5.75 Å². The van der Waals surface area contributed by atoms with Crippen molar-refractivity contribution in [2.45, 2.75) is 44.4 Å². The van der Waals surface area contributed by atoms with Crippen molar-refractivity contribution in [1.29, 1.82) is 0 Å². The largest absolute Gasteiger partial charge is 0.507 e. The van der Waals surface area contributed by atoms with Crippen molar-refractivity contribution in [3.63, 3.8) is 0 Å². The van der Waals surface area contributed by atoms with Gasteiger partial charge in [-0.05, 0) is 61.2 Å². The Morgan fingerprint density at radius 2 is 2.03 bits per heavy atom. The number of carbonyl (C=O) groups excluding carboxylic acids is 2. The van der Waals surface area contributed by atoms with Crippen LogP contribution in [0.3, 0.4) is 0 Å². The predicted molar refractivity (Wildman–Crippen MR) is 112 cm³/mol. The first-order valence-electron chi connectivity index (χ1n) is 10.6. The average molecular weight is 420 g/mol. The van der Waals surface area contributed by atoms with Crippen molar-refractivity contribution >= 4 is 17.4 Å². The minimum atomic E-state index is -0.685. The van der Waals surface area contributed by atoms with Crippen LogP contribution in [0.25, 0.3) is 5.76 Å². The highest BCUT2D eigenvalue weighted by Gasteiger charge is 2.47. The first-order valence-corrected chi connectivity index (χ1v) is 10.6. The zero-order valence-corrected chi connectivity index (χ0v) is 17.3. The van der Waals surface area contributed by atoms with Crippen LogP contribution >= 0.6 is 0 Å². The molecule has 3 aliphatic rings. The number of ketones is 1. The van der Waals surface area contributed by atoms with Gasteiger partial charge >= 0.3 is 0 Å². The van der Waals surface area contributed by atoms with Crippen molar-refractivity contribution < 1.29 is 24.2 Å². The molecule has 3 atom stereocenters. The molecule has 0 radical (unpaired) electrons. The summed E-state index contributed by atoms with van der Waals surface area (Å²) in [6.07, 6.45) is 5.71. The molecule has 1 aromatic carbocycles. The Hall–Kier alpha value is -3.19. The van der Waals surface area contributed by atoms with E-state index in [1.807, 2.05) is 13.0 Å². The maximum atomic E-state index is 13.1. The topological polar surface area (TPSA) is 89.0 Å². The summed E-state index contributed by atoms with van der Waals surface area (Å²) in [5.41, 5.74) is 2.31. The zero-order chi connectivity index (χ0) is 21.5. The molecule has 0 aliphatic carbocycles. The van der Waals surface area contributed by atoms with Gasteiger partial charge in [-0.3, -0.25) is 14.6 Å². The number of rotatable bonds is 4. The second-order valence-corrected chi connectivity index (χ2v) is 8.32. The lowest BCUT2D eigenvalue weighted by molar-refractivity contribution is -0.140. The number of aromatic nitrogens is 1. The van der Waals surface area contributed by atoms with Crippen LogP contribution in [0.2, 0.25) is 0 Å². The molecule has 7 nitrogen and oxygen atoms in total. The first-order chi connectivity index (χ1) is 15.0. The van der Waals surface area contributed by atoms with Gasteiger partial charge in [0.15, 0.2) is 0 Å². The van der Waals surface area contributed by atoms with Crippen molar-refractivity contribution in [3.05, 3.63) is 65.0 Å². The van der Waals surface area contributed by atoms with Gasteiger partial charge in [0.2, 0.25) is 0 Å². The van der Waals surface area contributed by atoms with Gasteiger partial charge in [-0.15, -0.1) is 0 Å². The molecule has 160 valence electrons. The molecular weight excluding hydrogens is 396 g/mol. The summed E-state index contributed by atoms with van der Waals surface area (Å²) in [7, 11) is 0. The Bertz CT molecular complexity index is 1060. The fourth-order valence-electron chi connectivity index (χ4n) is 4.69. The van der Waals surface area contributed by atoms with Crippen molar-refractivity contribution in [3.8, 4) is 5.75 Å². The summed E-state index contributed by atoms with van der Waals surface area (Å²) < 4.78 is 11.5. The number of pyridine rings is 1. The molecule has 1 aromatic heterocycles. The number of nitrogens with zero attached hydrogens (tertiary/aromatic N) is 2. The van der Waals surface area contributed by atoms with Gasteiger partial charge in [-0.25, -0.2) is 0 Å². The molecule has 2 aromatic rings. The van der Waals surface area contributed by atoms with Gasteiger partial charge in [0.25, 0.3) is 11.7 Å². The van der Waals surface area contributed by atoms with Crippen LogP contribution in [0.15, 0.2) is 48.3 Å². The van der Waals surface area contributed by atoms with Crippen LogP contribution in [-0.4, -0.2) is 52.0 Å². The number of hydrogen-bond donors (Lipinski definition) is 1. The third-order valence-corrected chi connectivity index (χ3v) is 6.16. The van der Waals surface area contributed by atoms with E-state index in [-0.39, 0.29) is 23.5 Å². The number of ether oxygens (including phenoxy) is 2. The summed E-state index contributed by atoms with van der Waals surface area (Å²) in [6, 6.07) is 8.22. The molecule has 2 saturated heterocycles. The number of aliphatic hydroxyl groups is 1. The first kappa shape index (κ1) is 19.8. The highest BCUT2D eigenvalue weighted by Crippen LogP contribution is 2.41. The van der Waals surface area contributed by atoms with E-state index >= 15 is 0 Å². The summed E-state index contributed by atoms with van der Waals surface area (Å²) in [5, 5.41) is 11.2. The third kappa shape index (κ3) is 3.49. The van der Waals surface area contributed by atoms with Gasteiger partial charge in [0.1, 0.15) is 17.6 Å². The molecule has 1 N–H and O–H groups in total. The Balaban J connectivity index is 1.59. The van der Waals surface area contributed by atoms with Gasteiger partial charge in [0, 0.05) is 37.5 Å². The van der Waals surface area contributed by atoms with Crippen molar-refractivity contribution in [2.75, 3.05) is 13.2 Å². The lowest BCUT2D eigenvalue weighted by Gasteiger charge is -2.27. The van der Waals surface area contributed by atoms with Crippen molar-refractivity contribution in [2.24, 2.45) is 0 Å². The standard InChI is InChI=1S/C24H24N2O5/c1-14-11-17-12-16(4-5-19(17)31-14)22(27)20-21(15-6-8-25-9-7-15)26(24(29)23(20)28)13-18-3-2-10-30-18/h4-9,12,14,18,21,27H,2-3,10-11,13H2,1H3/t14-,18-,21+/m1/s1. The van der Waals surface area contributed by atoms with E-state index in [9.17, 15) is 14.7 Å². The summed E-state index contributed by atoms with van der Waals surface area (Å²) in [5.74, 6) is -0.676. The zero-order valence-electron chi connectivity index (χ0n) is 17.3. The van der Waals surface area contributed by atoms with Gasteiger partial charge in [-0.2, -0.15) is 0 Å². The minimum Gasteiger partial charge on any atom is -0.507 e.